The molecule has 2 aromatic carbocycles. The molecule has 3 saturated heterocycles. The van der Waals surface area contributed by atoms with Gasteiger partial charge in [-0.25, -0.2) is 9.59 Å². The summed E-state index contributed by atoms with van der Waals surface area (Å²) in [5.41, 5.74) is 0.269. The van der Waals surface area contributed by atoms with Crippen molar-refractivity contribution in [1.29, 1.82) is 0 Å². The molecule has 0 atom stereocenters. The molecule has 5 rings (SSSR count). The third kappa shape index (κ3) is 6.98. The summed E-state index contributed by atoms with van der Waals surface area (Å²) in [6, 6.07) is 9.90. The van der Waals surface area contributed by atoms with Crippen molar-refractivity contribution in [3.8, 4) is 5.75 Å². The Morgan fingerprint density at radius 2 is 1.58 bits per heavy atom. The second kappa shape index (κ2) is 12.3. The predicted octanol–water partition coefficient (Wildman–Crippen LogP) is 4.31. The summed E-state index contributed by atoms with van der Waals surface area (Å²) in [5, 5.41) is 10.7. The fraction of sp³-hybridized carbons (Fsp3) is 0.500. The lowest BCUT2D eigenvalue weighted by Crippen LogP contribution is -2.46. The van der Waals surface area contributed by atoms with E-state index in [0.29, 0.717) is 77.2 Å². The summed E-state index contributed by atoms with van der Waals surface area (Å²) < 4.78 is 49.1. The number of phenolic OH excluding ortho intramolecular Hbond substituents is 1. The van der Waals surface area contributed by atoms with Crippen LogP contribution in [0, 0.1) is 0 Å². The zero-order valence-electron chi connectivity index (χ0n) is 23.9. The topological polar surface area (TPSA) is 103 Å². The maximum atomic E-state index is 13.1. The van der Waals surface area contributed by atoms with Gasteiger partial charge in [0.15, 0.2) is 0 Å². The third-order valence-corrected chi connectivity index (χ3v) is 8.38. The highest BCUT2D eigenvalue weighted by Crippen LogP contribution is 2.35. The van der Waals surface area contributed by atoms with Gasteiger partial charge in [0.25, 0.3) is 5.91 Å². The van der Waals surface area contributed by atoms with E-state index in [1.54, 1.807) is 26.8 Å². The molecule has 0 radical (unpaired) electrons. The minimum absolute atomic E-state index is 0.149. The summed E-state index contributed by atoms with van der Waals surface area (Å²) >= 11 is 0. The molecule has 0 aromatic heterocycles. The van der Waals surface area contributed by atoms with Crippen LogP contribution in [0.25, 0.3) is 0 Å². The number of methoxy groups -OCH3 is 1. The number of halogens is 3. The Morgan fingerprint density at radius 1 is 0.930 bits per heavy atom. The number of piperidine rings is 1. The number of carbonyl (C=O) groups is 3. The Balaban J connectivity index is 1.14. The Bertz CT molecular complexity index is 1340. The van der Waals surface area contributed by atoms with E-state index >= 15 is 0 Å². The van der Waals surface area contributed by atoms with Crippen LogP contribution >= 0.6 is 0 Å². The Labute approximate surface area is 247 Å². The van der Waals surface area contributed by atoms with E-state index in [9.17, 15) is 32.7 Å². The number of nitrogens with zero attached hydrogens (tertiary/aromatic N) is 4. The summed E-state index contributed by atoms with van der Waals surface area (Å²) in [6.07, 6.45) is -3.47. The number of alkyl halides is 3. The van der Waals surface area contributed by atoms with Crippen molar-refractivity contribution < 1.29 is 42.1 Å². The predicted molar refractivity (Wildman–Crippen MR) is 148 cm³/mol. The van der Waals surface area contributed by atoms with Crippen LogP contribution in [0.5, 0.6) is 5.75 Å². The standard InChI is InChI=1S/C30H35F3N4O6/c1-42-27(40)36-12-2-11-35(15-16-36)26(39)24-8-5-22(17-25(24)38)19-37-20-29(43-28(37)41)9-13-34(14-10-29)18-21-3-6-23(7-4-21)30(31,32)33/h3-8,17,38H,2,9-16,18-20H2,1H3. The Kier molecular flexibility index (Phi) is 8.72. The molecular weight excluding hydrogens is 569 g/mol. The second-order valence-electron chi connectivity index (χ2n) is 11.3. The molecule has 0 bridgehead atoms. The fourth-order valence-corrected chi connectivity index (χ4v) is 5.93. The van der Waals surface area contributed by atoms with Gasteiger partial charge in [0.2, 0.25) is 0 Å². The molecule has 232 valence electrons. The maximum absolute atomic E-state index is 13.1. The first-order valence-corrected chi connectivity index (χ1v) is 14.3. The van der Waals surface area contributed by atoms with Gasteiger partial charge < -0.3 is 24.4 Å². The van der Waals surface area contributed by atoms with E-state index in [1.807, 2.05) is 0 Å². The van der Waals surface area contributed by atoms with Gasteiger partial charge in [0.05, 0.1) is 24.8 Å². The van der Waals surface area contributed by atoms with Crippen LogP contribution in [-0.4, -0.2) is 101 Å². The van der Waals surface area contributed by atoms with Crippen LogP contribution in [0.1, 0.15) is 46.3 Å². The summed E-state index contributed by atoms with van der Waals surface area (Å²) in [7, 11) is 1.32. The number of hydrogen-bond acceptors (Lipinski definition) is 7. The molecule has 0 unspecified atom stereocenters. The molecule has 1 spiro atoms. The number of hydrogen-bond donors (Lipinski definition) is 1. The smallest absolute Gasteiger partial charge is 0.416 e. The molecular formula is C30H35F3N4O6. The van der Waals surface area contributed by atoms with Gasteiger partial charge in [0, 0.05) is 65.2 Å². The number of aromatic hydroxyl groups is 1. The summed E-state index contributed by atoms with van der Waals surface area (Å²) in [4.78, 5) is 44.6. The van der Waals surface area contributed by atoms with Crippen LogP contribution in [0.2, 0.25) is 0 Å². The average Bonchev–Trinajstić information content (AvgIpc) is 3.12. The SMILES string of the molecule is COC(=O)N1CCCN(C(=O)c2ccc(CN3CC4(CCN(Cc5ccc(C(F)(F)F)cc5)CC4)OC3=O)cc2O)CC1. The molecule has 0 aliphatic carbocycles. The first kappa shape index (κ1) is 30.5. The largest absolute Gasteiger partial charge is 0.507 e. The van der Waals surface area contributed by atoms with E-state index in [-0.39, 0.29) is 23.8 Å². The summed E-state index contributed by atoms with van der Waals surface area (Å²) in [5.74, 6) is -0.520. The van der Waals surface area contributed by atoms with Gasteiger partial charge in [-0.05, 0) is 41.8 Å². The first-order chi connectivity index (χ1) is 20.5. The van der Waals surface area contributed by atoms with Crippen molar-refractivity contribution in [2.24, 2.45) is 0 Å². The minimum Gasteiger partial charge on any atom is -0.507 e. The highest BCUT2D eigenvalue weighted by molar-refractivity contribution is 5.97. The molecule has 3 heterocycles. The number of amides is 3. The first-order valence-electron chi connectivity index (χ1n) is 14.3. The van der Waals surface area contributed by atoms with Crippen molar-refractivity contribution in [3.05, 3.63) is 64.7 Å². The van der Waals surface area contributed by atoms with Crippen molar-refractivity contribution in [2.75, 3.05) is 52.9 Å². The fourth-order valence-electron chi connectivity index (χ4n) is 5.93. The number of benzene rings is 2. The van der Waals surface area contributed by atoms with Crippen LogP contribution in [0.15, 0.2) is 42.5 Å². The molecule has 0 saturated carbocycles. The number of carbonyl (C=O) groups excluding carboxylic acids is 3. The monoisotopic (exact) mass is 604 g/mol. The normalized spacial score (nSPS) is 19.3. The van der Waals surface area contributed by atoms with Gasteiger partial charge in [-0.1, -0.05) is 18.2 Å². The van der Waals surface area contributed by atoms with Gasteiger partial charge >= 0.3 is 18.4 Å². The minimum atomic E-state index is -4.37. The van der Waals surface area contributed by atoms with Crippen LogP contribution in [-0.2, 0) is 28.7 Å². The number of ether oxygens (including phenoxy) is 2. The molecule has 3 amide bonds. The van der Waals surface area contributed by atoms with Gasteiger partial charge in [0.1, 0.15) is 11.4 Å². The molecule has 43 heavy (non-hydrogen) atoms. The molecule has 3 fully saturated rings. The molecule has 3 aliphatic heterocycles. The van der Waals surface area contributed by atoms with E-state index in [0.717, 1.165) is 17.7 Å². The average molecular weight is 605 g/mol. The van der Waals surface area contributed by atoms with Crippen LogP contribution in [0.4, 0.5) is 22.8 Å². The van der Waals surface area contributed by atoms with Crippen LogP contribution < -0.4 is 0 Å². The van der Waals surface area contributed by atoms with Gasteiger partial charge in [-0.2, -0.15) is 13.2 Å². The quantitative estimate of drug-likeness (QED) is 0.543. The number of likely N-dealkylation sites (tertiary alicyclic amines) is 1. The third-order valence-electron chi connectivity index (χ3n) is 8.38. The molecule has 10 nitrogen and oxygen atoms in total. The van der Waals surface area contributed by atoms with Crippen molar-refractivity contribution in [1.82, 2.24) is 19.6 Å². The molecule has 1 N–H and O–H groups in total. The zero-order valence-corrected chi connectivity index (χ0v) is 23.9. The Hall–Kier alpha value is -4.00. The molecule has 2 aromatic rings. The van der Waals surface area contributed by atoms with E-state index < -0.39 is 29.5 Å². The van der Waals surface area contributed by atoms with Crippen LogP contribution in [0.3, 0.4) is 0 Å². The molecule has 13 heteroatoms. The maximum Gasteiger partial charge on any atom is 0.416 e. The van der Waals surface area contributed by atoms with E-state index in [2.05, 4.69) is 4.90 Å². The van der Waals surface area contributed by atoms with Crippen molar-refractivity contribution in [3.63, 3.8) is 0 Å². The number of rotatable bonds is 5. The Morgan fingerprint density at radius 3 is 2.23 bits per heavy atom. The highest BCUT2D eigenvalue weighted by atomic mass is 19.4. The zero-order chi connectivity index (χ0) is 30.8. The summed E-state index contributed by atoms with van der Waals surface area (Å²) in [6.45, 7) is 3.93. The lowest BCUT2D eigenvalue weighted by Gasteiger charge is -2.37. The van der Waals surface area contributed by atoms with E-state index in [1.165, 1.54) is 25.3 Å². The van der Waals surface area contributed by atoms with Gasteiger partial charge in [-0.3, -0.25) is 14.6 Å². The van der Waals surface area contributed by atoms with Gasteiger partial charge in [-0.15, -0.1) is 0 Å². The lowest BCUT2D eigenvalue weighted by molar-refractivity contribution is -0.137. The highest BCUT2D eigenvalue weighted by Gasteiger charge is 2.47. The second-order valence-corrected chi connectivity index (χ2v) is 11.3. The number of phenols is 1. The molecule has 3 aliphatic rings. The van der Waals surface area contributed by atoms with Crippen molar-refractivity contribution >= 4 is 18.1 Å². The lowest BCUT2D eigenvalue weighted by atomic mass is 9.91. The van der Waals surface area contributed by atoms with E-state index in [4.69, 9.17) is 9.47 Å². The van der Waals surface area contributed by atoms with Crippen molar-refractivity contribution in [2.45, 2.75) is 44.1 Å².